The van der Waals surface area contributed by atoms with Crippen LogP contribution < -0.4 is 11.5 Å². The quantitative estimate of drug-likeness (QED) is 0.835. The van der Waals surface area contributed by atoms with Crippen LogP contribution in [0.2, 0.25) is 0 Å². The van der Waals surface area contributed by atoms with E-state index in [1.54, 1.807) is 6.20 Å². The van der Waals surface area contributed by atoms with E-state index in [1.165, 1.54) is 32.4 Å². The molecule has 0 radical (unpaired) electrons. The van der Waals surface area contributed by atoms with Gasteiger partial charge in [0.05, 0.1) is 0 Å². The largest absolute Gasteiger partial charge is 0.383 e. The molecule has 4 nitrogen and oxygen atoms in total. The van der Waals surface area contributed by atoms with Crippen LogP contribution in [0.4, 0.5) is 5.82 Å². The summed E-state index contributed by atoms with van der Waals surface area (Å²) in [5.41, 5.74) is 13.0. The van der Waals surface area contributed by atoms with Crippen LogP contribution in [-0.4, -0.2) is 29.5 Å². The van der Waals surface area contributed by atoms with E-state index in [9.17, 15) is 0 Å². The van der Waals surface area contributed by atoms with Crippen LogP contribution in [0.1, 0.15) is 43.7 Å². The molecule has 0 aromatic carbocycles. The zero-order chi connectivity index (χ0) is 12.8. The van der Waals surface area contributed by atoms with Crippen LogP contribution in [0, 0.1) is 0 Å². The van der Waals surface area contributed by atoms with Crippen molar-refractivity contribution in [2.45, 2.75) is 38.1 Å². The molecule has 1 atom stereocenters. The van der Waals surface area contributed by atoms with Gasteiger partial charge < -0.3 is 16.4 Å². The summed E-state index contributed by atoms with van der Waals surface area (Å²) in [4.78, 5) is 6.63. The molecule has 100 valence electrons. The van der Waals surface area contributed by atoms with E-state index in [4.69, 9.17) is 11.5 Å². The minimum Gasteiger partial charge on any atom is -0.383 e. The highest BCUT2D eigenvalue weighted by molar-refractivity contribution is 5.40. The summed E-state index contributed by atoms with van der Waals surface area (Å²) in [7, 11) is 0. The lowest BCUT2D eigenvalue weighted by Gasteiger charge is -2.26. The van der Waals surface area contributed by atoms with Gasteiger partial charge in [0.25, 0.3) is 0 Å². The van der Waals surface area contributed by atoms with E-state index in [0.29, 0.717) is 5.82 Å². The van der Waals surface area contributed by atoms with Crippen molar-refractivity contribution in [3.05, 3.63) is 23.9 Å². The second-order valence-electron chi connectivity index (χ2n) is 5.13. The van der Waals surface area contributed by atoms with Crippen LogP contribution in [0.5, 0.6) is 0 Å². The molecule has 0 saturated carbocycles. The van der Waals surface area contributed by atoms with Crippen LogP contribution in [0.3, 0.4) is 0 Å². The number of pyridine rings is 1. The van der Waals surface area contributed by atoms with E-state index in [-0.39, 0.29) is 6.04 Å². The fourth-order valence-corrected chi connectivity index (χ4v) is 2.62. The molecule has 1 fully saturated rings. The predicted octanol–water partition coefficient (Wildman–Crippen LogP) is 1.93. The van der Waals surface area contributed by atoms with Crippen molar-refractivity contribution in [3.63, 3.8) is 0 Å². The molecular weight excluding hydrogens is 224 g/mol. The summed E-state index contributed by atoms with van der Waals surface area (Å²) in [6.07, 6.45) is 7.91. The van der Waals surface area contributed by atoms with Gasteiger partial charge in [-0.15, -0.1) is 0 Å². The van der Waals surface area contributed by atoms with Gasteiger partial charge in [-0.1, -0.05) is 12.5 Å². The molecule has 0 aliphatic carbocycles. The SMILES string of the molecule is Nc1ncccc1[C@H](N)CCCN1CCCCC1. The van der Waals surface area contributed by atoms with Crippen molar-refractivity contribution in [2.24, 2.45) is 5.73 Å². The Kier molecular flexibility index (Phi) is 4.96. The minimum absolute atomic E-state index is 0.0171. The first-order valence-electron chi connectivity index (χ1n) is 6.95. The van der Waals surface area contributed by atoms with Crippen LogP contribution in [0.15, 0.2) is 18.3 Å². The Bertz CT molecular complexity index is 361. The number of aromatic nitrogens is 1. The third kappa shape index (κ3) is 3.68. The van der Waals surface area contributed by atoms with Gasteiger partial charge >= 0.3 is 0 Å². The van der Waals surface area contributed by atoms with Crippen LogP contribution >= 0.6 is 0 Å². The van der Waals surface area contributed by atoms with Crippen molar-refractivity contribution >= 4 is 5.82 Å². The molecule has 0 bridgehead atoms. The number of rotatable bonds is 5. The molecule has 1 aromatic heterocycles. The van der Waals surface area contributed by atoms with E-state index in [0.717, 1.165) is 24.9 Å². The lowest BCUT2D eigenvalue weighted by Crippen LogP contribution is -2.31. The predicted molar refractivity (Wildman–Crippen MR) is 75.1 cm³/mol. The molecule has 0 unspecified atom stereocenters. The molecule has 2 rings (SSSR count). The van der Waals surface area contributed by atoms with E-state index in [1.807, 2.05) is 12.1 Å². The van der Waals surface area contributed by atoms with Gasteiger partial charge in [0.1, 0.15) is 5.82 Å². The van der Waals surface area contributed by atoms with E-state index < -0.39 is 0 Å². The molecule has 18 heavy (non-hydrogen) atoms. The Labute approximate surface area is 109 Å². The fourth-order valence-electron chi connectivity index (χ4n) is 2.62. The highest BCUT2D eigenvalue weighted by Crippen LogP contribution is 2.20. The van der Waals surface area contributed by atoms with E-state index in [2.05, 4.69) is 9.88 Å². The van der Waals surface area contributed by atoms with Crippen molar-refractivity contribution in [2.75, 3.05) is 25.4 Å². The number of piperidine rings is 1. The number of nitrogens with two attached hydrogens (primary N) is 2. The van der Waals surface area contributed by atoms with Crippen molar-refractivity contribution in [3.8, 4) is 0 Å². The summed E-state index contributed by atoms with van der Waals surface area (Å²) in [5.74, 6) is 0.572. The zero-order valence-electron chi connectivity index (χ0n) is 11.0. The van der Waals surface area contributed by atoms with Gasteiger partial charge in [0, 0.05) is 17.8 Å². The molecule has 1 aliphatic heterocycles. The number of nitrogens with zero attached hydrogens (tertiary/aromatic N) is 2. The topological polar surface area (TPSA) is 68.2 Å². The Morgan fingerprint density at radius 2 is 2.06 bits per heavy atom. The fraction of sp³-hybridized carbons (Fsp3) is 0.643. The van der Waals surface area contributed by atoms with Gasteiger partial charge in [-0.05, 0) is 51.4 Å². The lowest BCUT2D eigenvalue weighted by molar-refractivity contribution is 0.223. The summed E-state index contributed by atoms with van der Waals surface area (Å²) in [5, 5.41) is 0. The highest BCUT2D eigenvalue weighted by atomic mass is 15.1. The molecule has 1 saturated heterocycles. The maximum Gasteiger partial charge on any atom is 0.128 e. The molecule has 0 amide bonds. The molecule has 4 heteroatoms. The maximum absolute atomic E-state index is 6.17. The summed E-state index contributed by atoms with van der Waals surface area (Å²) in [6, 6.07) is 3.90. The highest BCUT2D eigenvalue weighted by Gasteiger charge is 2.12. The van der Waals surface area contributed by atoms with Gasteiger partial charge in [-0.25, -0.2) is 4.98 Å². The first-order chi connectivity index (χ1) is 8.77. The Hall–Kier alpha value is -1.13. The number of anilines is 1. The Morgan fingerprint density at radius 1 is 1.28 bits per heavy atom. The number of nitrogen functional groups attached to an aromatic ring is 1. The van der Waals surface area contributed by atoms with Crippen molar-refractivity contribution in [1.29, 1.82) is 0 Å². The van der Waals surface area contributed by atoms with E-state index >= 15 is 0 Å². The molecule has 0 spiro atoms. The summed E-state index contributed by atoms with van der Waals surface area (Å²) >= 11 is 0. The molecule has 1 aliphatic rings. The maximum atomic E-state index is 6.17. The summed E-state index contributed by atoms with van der Waals surface area (Å²) < 4.78 is 0. The second-order valence-corrected chi connectivity index (χ2v) is 5.13. The number of hydrogen-bond donors (Lipinski definition) is 2. The first-order valence-corrected chi connectivity index (χ1v) is 6.95. The third-order valence-electron chi connectivity index (χ3n) is 3.71. The molecule has 4 N–H and O–H groups in total. The minimum atomic E-state index is 0.0171. The third-order valence-corrected chi connectivity index (χ3v) is 3.71. The lowest BCUT2D eigenvalue weighted by atomic mass is 10.0. The number of hydrogen-bond acceptors (Lipinski definition) is 4. The monoisotopic (exact) mass is 248 g/mol. The van der Waals surface area contributed by atoms with Crippen molar-refractivity contribution in [1.82, 2.24) is 9.88 Å². The number of likely N-dealkylation sites (tertiary alicyclic amines) is 1. The van der Waals surface area contributed by atoms with Gasteiger partial charge in [-0.2, -0.15) is 0 Å². The van der Waals surface area contributed by atoms with Crippen LogP contribution in [0.25, 0.3) is 0 Å². The van der Waals surface area contributed by atoms with Gasteiger partial charge in [-0.3, -0.25) is 0 Å². The second kappa shape index (κ2) is 6.71. The van der Waals surface area contributed by atoms with Crippen molar-refractivity contribution < 1.29 is 0 Å². The van der Waals surface area contributed by atoms with Gasteiger partial charge in [0.2, 0.25) is 0 Å². The smallest absolute Gasteiger partial charge is 0.128 e. The molecular formula is C14H24N4. The standard InChI is InChI=1S/C14H24N4/c15-13(12-6-4-8-17-14(12)16)7-5-11-18-9-2-1-3-10-18/h4,6,8,13H,1-3,5,7,9-11,15H2,(H2,16,17)/t13-/m1/s1. The average Bonchev–Trinajstić information content (AvgIpc) is 2.40. The normalized spacial score (nSPS) is 18.7. The Morgan fingerprint density at radius 3 is 2.78 bits per heavy atom. The summed E-state index contributed by atoms with van der Waals surface area (Å²) in [6.45, 7) is 3.67. The molecule has 1 aromatic rings. The average molecular weight is 248 g/mol. The first kappa shape index (κ1) is 13.3. The Balaban J connectivity index is 1.74. The van der Waals surface area contributed by atoms with Crippen LogP contribution in [-0.2, 0) is 0 Å². The zero-order valence-corrected chi connectivity index (χ0v) is 11.0. The van der Waals surface area contributed by atoms with Gasteiger partial charge in [0.15, 0.2) is 0 Å². The molecule has 2 heterocycles.